The number of thiocarbonyl (C=S) groups is 1. The Morgan fingerprint density at radius 1 is 1.10 bits per heavy atom. The molecular weight excluding hydrogens is 380 g/mol. The van der Waals surface area contributed by atoms with Crippen molar-refractivity contribution in [3.05, 3.63) is 83.9 Å². The van der Waals surface area contributed by atoms with Gasteiger partial charge in [-0.2, -0.15) is 0 Å². The molecule has 1 fully saturated rings. The van der Waals surface area contributed by atoms with Crippen LogP contribution in [-0.4, -0.2) is 28.4 Å². The van der Waals surface area contributed by atoms with Crippen LogP contribution >= 0.6 is 12.2 Å². The van der Waals surface area contributed by atoms with Gasteiger partial charge in [-0.3, -0.25) is 4.98 Å². The van der Waals surface area contributed by atoms with E-state index < -0.39 is 0 Å². The summed E-state index contributed by atoms with van der Waals surface area (Å²) < 4.78 is 7.56. The van der Waals surface area contributed by atoms with Gasteiger partial charge in [0.1, 0.15) is 6.04 Å². The van der Waals surface area contributed by atoms with Crippen molar-refractivity contribution in [2.45, 2.75) is 32.0 Å². The molecule has 5 nitrogen and oxygen atoms in total. The lowest BCUT2D eigenvalue weighted by Gasteiger charge is -2.29. The van der Waals surface area contributed by atoms with Gasteiger partial charge in [0.15, 0.2) is 5.11 Å². The minimum absolute atomic E-state index is 0.00303. The second-order valence-electron chi connectivity index (χ2n) is 7.14. The molecule has 2 atom stereocenters. The number of hydrogen-bond donors (Lipinski definition) is 1. The maximum Gasteiger partial charge on any atom is 0.174 e. The Labute approximate surface area is 177 Å². The Morgan fingerprint density at radius 2 is 1.93 bits per heavy atom. The maximum atomic E-state index is 5.80. The number of aromatic nitrogens is 2. The van der Waals surface area contributed by atoms with Crippen molar-refractivity contribution >= 4 is 23.0 Å². The number of methoxy groups -OCH3 is 1. The van der Waals surface area contributed by atoms with E-state index in [1.54, 1.807) is 7.11 Å². The summed E-state index contributed by atoms with van der Waals surface area (Å²) in [7, 11) is 1.73. The third kappa shape index (κ3) is 3.91. The minimum Gasteiger partial charge on any atom is -0.383 e. The van der Waals surface area contributed by atoms with Crippen LogP contribution in [0.25, 0.3) is 0 Å². The van der Waals surface area contributed by atoms with Crippen LogP contribution in [-0.2, 0) is 17.7 Å². The number of aryl methyl sites for hydroxylation is 1. The zero-order valence-electron chi connectivity index (χ0n) is 16.8. The average Bonchev–Trinajstić information content (AvgIpc) is 3.36. The zero-order chi connectivity index (χ0) is 20.2. The Balaban J connectivity index is 1.78. The molecule has 6 heteroatoms. The van der Waals surface area contributed by atoms with Gasteiger partial charge in [-0.05, 0) is 60.6 Å². The van der Waals surface area contributed by atoms with Gasteiger partial charge in [0.25, 0.3) is 0 Å². The molecule has 3 aromatic rings. The molecule has 0 saturated carbocycles. The van der Waals surface area contributed by atoms with Gasteiger partial charge in [-0.15, -0.1) is 0 Å². The van der Waals surface area contributed by atoms with E-state index in [-0.39, 0.29) is 12.1 Å². The van der Waals surface area contributed by atoms with Crippen LogP contribution in [0.2, 0.25) is 0 Å². The number of nitrogens with one attached hydrogen (secondary N) is 1. The predicted octanol–water partition coefficient (Wildman–Crippen LogP) is 4.27. The van der Waals surface area contributed by atoms with Crippen molar-refractivity contribution in [2.75, 3.05) is 18.6 Å². The highest BCUT2D eigenvalue weighted by Gasteiger charge is 2.41. The van der Waals surface area contributed by atoms with Gasteiger partial charge in [-0.25, -0.2) is 0 Å². The van der Waals surface area contributed by atoms with Crippen LogP contribution in [0.5, 0.6) is 0 Å². The molecule has 0 unspecified atom stereocenters. The Morgan fingerprint density at radius 3 is 2.62 bits per heavy atom. The summed E-state index contributed by atoms with van der Waals surface area (Å²) in [5.74, 6) is 0. The molecule has 4 rings (SSSR count). The molecule has 2 aromatic heterocycles. The van der Waals surface area contributed by atoms with E-state index in [4.69, 9.17) is 17.0 Å². The monoisotopic (exact) mass is 406 g/mol. The van der Waals surface area contributed by atoms with Crippen LogP contribution in [0.1, 0.15) is 36.0 Å². The molecule has 29 heavy (non-hydrogen) atoms. The lowest BCUT2D eigenvalue weighted by Crippen LogP contribution is -2.30. The molecule has 1 aromatic carbocycles. The smallest absolute Gasteiger partial charge is 0.174 e. The van der Waals surface area contributed by atoms with Crippen molar-refractivity contribution in [3.8, 4) is 0 Å². The third-order valence-corrected chi connectivity index (χ3v) is 5.74. The summed E-state index contributed by atoms with van der Waals surface area (Å²) >= 11 is 5.80. The normalized spacial score (nSPS) is 18.8. The fourth-order valence-electron chi connectivity index (χ4n) is 3.91. The third-order valence-electron chi connectivity index (χ3n) is 5.42. The molecule has 1 N–H and O–H groups in total. The summed E-state index contributed by atoms with van der Waals surface area (Å²) in [6, 6.07) is 18.9. The molecule has 0 spiro atoms. The standard InChI is InChI=1S/C23H26N4OS/c1-3-17-9-11-18(12-10-17)27-22(20-8-6-14-26(20)15-16-28-2)21(25-23(27)29)19-7-4-5-13-24-19/h4-14,21-22H,3,15-16H2,1-2H3,(H,25,29)/t21-,22-/m0/s1. The molecule has 150 valence electrons. The Bertz CT molecular complexity index is 955. The van der Waals surface area contributed by atoms with Crippen molar-refractivity contribution in [3.63, 3.8) is 0 Å². The fourth-order valence-corrected chi connectivity index (χ4v) is 4.26. The van der Waals surface area contributed by atoms with Crippen molar-refractivity contribution < 1.29 is 4.74 Å². The average molecular weight is 407 g/mol. The highest BCUT2D eigenvalue weighted by molar-refractivity contribution is 7.80. The topological polar surface area (TPSA) is 42.3 Å². The first-order valence-corrected chi connectivity index (χ1v) is 10.4. The molecule has 1 saturated heterocycles. The van der Waals surface area contributed by atoms with Gasteiger partial charge in [0.2, 0.25) is 0 Å². The second kappa shape index (κ2) is 8.76. The highest BCUT2D eigenvalue weighted by atomic mass is 32.1. The predicted molar refractivity (Wildman–Crippen MR) is 120 cm³/mol. The van der Waals surface area contributed by atoms with Crippen LogP contribution < -0.4 is 10.2 Å². The van der Waals surface area contributed by atoms with Crippen LogP contribution in [0.4, 0.5) is 5.69 Å². The minimum atomic E-state index is -0.0363. The van der Waals surface area contributed by atoms with Gasteiger partial charge < -0.3 is 19.5 Å². The van der Waals surface area contributed by atoms with Gasteiger partial charge in [0.05, 0.1) is 18.3 Å². The zero-order valence-corrected chi connectivity index (χ0v) is 17.6. The van der Waals surface area contributed by atoms with Crippen molar-refractivity contribution in [1.29, 1.82) is 0 Å². The number of pyridine rings is 1. The van der Waals surface area contributed by atoms with E-state index in [0.29, 0.717) is 6.61 Å². The largest absolute Gasteiger partial charge is 0.383 e. The van der Waals surface area contributed by atoms with E-state index >= 15 is 0 Å². The molecule has 3 heterocycles. The van der Waals surface area contributed by atoms with Crippen LogP contribution in [0.3, 0.4) is 0 Å². The lowest BCUT2D eigenvalue weighted by molar-refractivity contribution is 0.186. The molecule has 0 amide bonds. The van der Waals surface area contributed by atoms with Crippen molar-refractivity contribution in [2.24, 2.45) is 0 Å². The number of nitrogens with zero attached hydrogens (tertiary/aromatic N) is 3. The van der Waals surface area contributed by atoms with E-state index in [9.17, 15) is 0 Å². The van der Waals surface area contributed by atoms with Gasteiger partial charge in [-0.1, -0.05) is 25.1 Å². The highest BCUT2D eigenvalue weighted by Crippen LogP contribution is 2.41. The summed E-state index contributed by atoms with van der Waals surface area (Å²) in [6.07, 6.45) is 4.95. The quantitative estimate of drug-likeness (QED) is 0.594. The van der Waals surface area contributed by atoms with E-state index in [1.165, 1.54) is 11.3 Å². The number of ether oxygens (including phenoxy) is 1. The fraction of sp³-hybridized carbons (Fsp3) is 0.304. The number of rotatable bonds is 7. The number of hydrogen-bond acceptors (Lipinski definition) is 3. The molecule has 1 aliphatic rings. The first-order valence-electron chi connectivity index (χ1n) is 9.96. The SMILES string of the molecule is CCc1ccc(N2C(=S)N[C@@H](c3ccccn3)[C@@H]2c2cccn2CCOC)cc1. The first kappa shape index (κ1) is 19.6. The summed E-state index contributed by atoms with van der Waals surface area (Å²) in [5, 5.41) is 4.24. The van der Waals surface area contributed by atoms with Crippen molar-refractivity contribution in [1.82, 2.24) is 14.9 Å². The molecule has 0 bridgehead atoms. The van der Waals surface area contributed by atoms with Crippen LogP contribution in [0.15, 0.2) is 67.0 Å². The first-order chi connectivity index (χ1) is 14.2. The summed E-state index contributed by atoms with van der Waals surface area (Å²) in [6.45, 7) is 3.62. The lowest BCUT2D eigenvalue weighted by atomic mass is 10.0. The maximum absolute atomic E-state index is 5.80. The number of anilines is 1. The van der Waals surface area contributed by atoms with E-state index in [0.717, 1.165) is 29.5 Å². The van der Waals surface area contributed by atoms with E-state index in [2.05, 4.69) is 75.4 Å². The Kier molecular flexibility index (Phi) is 5.92. The number of benzene rings is 1. The molecule has 0 radical (unpaired) electrons. The second-order valence-corrected chi connectivity index (χ2v) is 7.52. The molecule has 1 aliphatic heterocycles. The summed E-state index contributed by atoms with van der Waals surface area (Å²) in [4.78, 5) is 6.83. The Hall–Kier alpha value is -2.70. The van der Waals surface area contributed by atoms with E-state index in [1.807, 2.05) is 18.3 Å². The van der Waals surface area contributed by atoms with Gasteiger partial charge >= 0.3 is 0 Å². The van der Waals surface area contributed by atoms with Crippen LogP contribution in [0, 0.1) is 0 Å². The van der Waals surface area contributed by atoms with Gasteiger partial charge in [0, 0.05) is 37.4 Å². The summed E-state index contributed by atoms with van der Waals surface area (Å²) in [5.41, 5.74) is 4.56. The molecule has 0 aliphatic carbocycles. The molecular formula is C23H26N4OS.